The van der Waals surface area contributed by atoms with Crippen LogP contribution in [0.15, 0.2) is 72.8 Å². The first-order chi connectivity index (χ1) is 16.7. The van der Waals surface area contributed by atoms with Crippen molar-refractivity contribution in [1.29, 1.82) is 0 Å². The minimum atomic E-state index is -0.291. The fraction of sp³-hybridized carbons (Fsp3) is 0.414. The second-order valence-corrected chi connectivity index (χ2v) is 9.09. The van der Waals surface area contributed by atoms with Crippen LogP contribution in [0.25, 0.3) is 10.8 Å². The lowest BCUT2D eigenvalue weighted by Crippen LogP contribution is -2.46. The van der Waals surface area contributed by atoms with Gasteiger partial charge < -0.3 is 19.7 Å². The van der Waals surface area contributed by atoms with Crippen molar-refractivity contribution in [2.75, 3.05) is 26.8 Å². The van der Waals surface area contributed by atoms with Gasteiger partial charge in [0, 0.05) is 20.2 Å². The van der Waals surface area contributed by atoms with Crippen molar-refractivity contribution in [2.45, 2.75) is 51.0 Å². The van der Waals surface area contributed by atoms with Gasteiger partial charge in [0.2, 0.25) is 5.91 Å². The number of hydrogen-bond acceptors (Lipinski definition) is 4. The van der Waals surface area contributed by atoms with Crippen LogP contribution >= 0.6 is 0 Å². The Morgan fingerprint density at radius 2 is 1.82 bits per heavy atom. The molecule has 4 rings (SSSR count). The number of likely N-dealkylation sites (N-methyl/N-ethyl adjacent to an activating group) is 1. The Kier molecular flexibility index (Phi) is 9.08. The van der Waals surface area contributed by atoms with Crippen molar-refractivity contribution in [2.24, 2.45) is 0 Å². The van der Waals surface area contributed by atoms with Crippen molar-refractivity contribution >= 4 is 16.7 Å². The van der Waals surface area contributed by atoms with E-state index in [1.807, 2.05) is 30.1 Å². The molecule has 2 atom stereocenters. The highest BCUT2D eigenvalue weighted by Gasteiger charge is 2.22. The first-order valence-electron chi connectivity index (χ1n) is 12.4. The molecule has 0 saturated carbocycles. The second kappa shape index (κ2) is 12.7. The van der Waals surface area contributed by atoms with E-state index in [0.717, 1.165) is 43.5 Å². The number of carbonyl (C=O) groups is 1. The predicted octanol–water partition coefficient (Wildman–Crippen LogP) is 4.93. The maximum absolute atomic E-state index is 13.4. The number of benzene rings is 3. The predicted molar refractivity (Wildman–Crippen MR) is 137 cm³/mol. The number of carbonyl (C=O) groups excluding carboxylic acids is 1. The molecule has 5 heteroatoms. The van der Waals surface area contributed by atoms with Crippen LogP contribution in [0.1, 0.15) is 36.8 Å². The molecule has 34 heavy (non-hydrogen) atoms. The zero-order valence-corrected chi connectivity index (χ0v) is 20.1. The molecule has 1 amide bonds. The van der Waals surface area contributed by atoms with Crippen molar-refractivity contribution in [3.8, 4) is 0 Å². The summed E-state index contributed by atoms with van der Waals surface area (Å²) in [5.74, 6) is 0.105. The van der Waals surface area contributed by atoms with E-state index in [2.05, 4.69) is 59.9 Å². The van der Waals surface area contributed by atoms with E-state index in [-0.39, 0.29) is 18.2 Å². The van der Waals surface area contributed by atoms with Gasteiger partial charge >= 0.3 is 0 Å². The summed E-state index contributed by atoms with van der Waals surface area (Å²) < 4.78 is 11.5. The first kappa shape index (κ1) is 24.4. The fourth-order valence-corrected chi connectivity index (χ4v) is 4.46. The fourth-order valence-electron chi connectivity index (χ4n) is 4.46. The molecule has 1 N–H and O–H groups in total. The quantitative estimate of drug-likeness (QED) is 0.412. The molecule has 3 aromatic carbocycles. The highest BCUT2D eigenvalue weighted by atomic mass is 16.7. The molecule has 1 heterocycles. The maximum atomic E-state index is 13.4. The van der Waals surface area contributed by atoms with Crippen LogP contribution in [0.2, 0.25) is 0 Å². The zero-order chi connectivity index (χ0) is 23.6. The van der Waals surface area contributed by atoms with E-state index >= 15 is 0 Å². The minimum absolute atomic E-state index is 0.0687. The molecule has 1 saturated heterocycles. The maximum Gasteiger partial charge on any atom is 0.240 e. The summed E-state index contributed by atoms with van der Waals surface area (Å²) in [5, 5.41) is 5.92. The van der Waals surface area contributed by atoms with Gasteiger partial charge in [0.15, 0.2) is 6.29 Å². The van der Waals surface area contributed by atoms with Crippen molar-refractivity contribution < 1.29 is 14.3 Å². The van der Waals surface area contributed by atoms with Gasteiger partial charge in [-0.3, -0.25) is 4.79 Å². The van der Waals surface area contributed by atoms with Gasteiger partial charge in [0.05, 0.1) is 12.6 Å². The monoisotopic (exact) mass is 460 g/mol. The number of hydrogen-bond donors (Lipinski definition) is 1. The topological polar surface area (TPSA) is 50.8 Å². The molecule has 0 aliphatic carbocycles. The minimum Gasteiger partial charge on any atom is -0.353 e. The van der Waals surface area contributed by atoms with E-state index in [4.69, 9.17) is 9.47 Å². The Labute approximate surface area is 203 Å². The Morgan fingerprint density at radius 1 is 1.03 bits per heavy atom. The third kappa shape index (κ3) is 7.13. The molecular formula is C29H36N2O3. The average molecular weight is 461 g/mol. The third-order valence-corrected chi connectivity index (χ3v) is 6.34. The second-order valence-electron chi connectivity index (χ2n) is 9.09. The Balaban J connectivity index is 1.37. The van der Waals surface area contributed by atoms with E-state index < -0.39 is 0 Å². The molecular weight excluding hydrogens is 424 g/mol. The van der Waals surface area contributed by atoms with Gasteiger partial charge in [-0.1, -0.05) is 72.8 Å². The highest BCUT2D eigenvalue weighted by molar-refractivity contribution is 5.84. The van der Waals surface area contributed by atoms with Gasteiger partial charge in [-0.2, -0.15) is 0 Å². The number of ether oxygens (including phenoxy) is 2. The molecule has 1 aliphatic heterocycles. The standard InChI is InChI=1S/C29H36N2O3/c1-31(22-23-10-3-2-4-11-23)29(32)27(30-17-9-19-34-28-14-7-8-18-33-28)21-24-15-16-25-12-5-6-13-26(25)20-24/h2-6,10-13,15-16,20,27-28,30H,7-9,14,17-19,21-22H2,1H3/t27-,28?/m0/s1. The summed E-state index contributed by atoms with van der Waals surface area (Å²) in [6.45, 7) is 2.74. The van der Waals surface area contributed by atoms with E-state index in [9.17, 15) is 4.79 Å². The number of fused-ring (bicyclic) bond motifs is 1. The smallest absolute Gasteiger partial charge is 0.240 e. The van der Waals surface area contributed by atoms with Crippen LogP contribution in [0.5, 0.6) is 0 Å². The summed E-state index contributed by atoms with van der Waals surface area (Å²) >= 11 is 0. The lowest BCUT2D eigenvalue weighted by molar-refractivity contribution is -0.162. The van der Waals surface area contributed by atoms with Crippen molar-refractivity contribution in [3.63, 3.8) is 0 Å². The Morgan fingerprint density at radius 3 is 2.62 bits per heavy atom. The van der Waals surface area contributed by atoms with Crippen LogP contribution < -0.4 is 5.32 Å². The molecule has 1 aliphatic rings. The van der Waals surface area contributed by atoms with E-state index in [0.29, 0.717) is 19.6 Å². The van der Waals surface area contributed by atoms with Crippen LogP contribution in [0.4, 0.5) is 0 Å². The summed E-state index contributed by atoms with van der Waals surface area (Å²) in [7, 11) is 1.88. The molecule has 0 spiro atoms. The van der Waals surface area contributed by atoms with E-state index in [1.165, 1.54) is 17.2 Å². The molecule has 0 aromatic heterocycles. The van der Waals surface area contributed by atoms with Crippen molar-refractivity contribution in [1.82, 2.24) is 10.2 Å². The Hall–Kier alpha value is -2.73. The largest absolute Gasteiger partial charge is 0.353 e. The molecule has 5 nitrogen and oxygen atoms in total. The van der Waals surface area contributed by atoms with Gasteiger partial charge in [-0.15, -0.1) is 0 Å². The average Bonchev–Trinajstić information content (AvgIpc) is 2.88. The van der Waals surface area contributed by atoms with Crippen LogP contribution in [-0.2, 0) is 27.2 Å². The van der Waals surface area contributed by atoms with Crippen LogP contribution in [0.3, 0.4) is 0 Å². The molecule has 1 fully saturated rings. The normalized spacial score (nSPS) is 16.9. The zero-order valence-electron chi connectivity index (χ0n) is 20.1. The summed E-state index contributed by atoms with van der Waals surface area (Å²) in [4.78, 5) is 15.3. The molecule has 0 radical (unpaired) electrons. The van der Waals surface area contributed by atoms with Crippen LogP contribution in [0, 0.1) is 0 Å². The van der Waals surface area contributed by atoms with E-state index in [1.54, 1.807) is 0 Å². The lowest BCUT2D eigenvalue weighted by atomic mass is 10.0. The summed E-state index contributed by atoms with van der Waals surface area (Å²) in [6.07, 6.45) is 4.68. The Bertz CT molecular complexity index is 1030. The van der Waals surface area contributed by atoms with Crippen molar-refractivity contribution in [3.05, 3.63) is 83.9 Å². The lowest BCUT2D eigenvalue weighted by Gasteiger charge is -2.26. The SMILES string of the molecule is CN(Cc1ccccc1)C(=O)[C@H](Cc1ccc2ccccc2c1)NCCCOC1CCCCO1. The molecule has 3 aromatic rings. The highest BCUT2D eigenvalue weighted by Crippen LogP contribution is 2.18. The van der Waals surface area contributed by atoms with Gasteiger partial charge in [0.25, 0.3) is 0 Å². The number of amides is 1. The number of rotatable bonds is 11. The van der Waals surface area contributed by atoms with Gasteiger partial charge in [-0.05, 0) is 60.5 Å². The third-order valence-electron chi connectivity index (χ3n) is 6.34. The summed E-state index contributed by atoms with van der Waals surface area (Å²) in [5.41, 5.74) is 2.29. The van der Waals surface area contributed by atoms with Crippen LogP contribution in [-0.4, -0.2) is 49.9 Å². The first-order valence-corrected chi connectivity index (χ1v) is 12.4. The number of nitrogens with one attached hydrogen (secondary N) is 1. The molecule has 180 valence electrons. The molecule has 1 unspecified atom stereocenters. The van der Waals surface area contributed by atoms with Gasteiger partial charge in [-0.25, -0.2) is 0 Å². The van der Waals surface area contributed by atoms with Gasteiger partial charge in [0.1, 0.15) is 0 Å². The summed E-state index contributed by atoms with van der Waals surface area (Å²) in [6, 6.07) is 24.6. The number of nitrogens with zero attached hydrogens (tertiary/aromatic N) is 1. The molecule has 0 bridgehead atoms.